The average molecular weight is 417 g/mol. The summed E-state index contributed by atoms with van der Waals surface area (Å²) in [6.07, 6.45) is 0. The molecule has 0 aromatic heterocycles. The Morgan fingerprint density at radius 1 is 1.18 bits per heavy atom. The minimum absolute atomic E-state index is 0.201. The van der Waals surface area contributed by atoms with Gasteiger partial charge in [0.25, 0.3) is 5.91 Å². The molecule has 0 saturated carbocycles. The average Bonchev–Trinajstić information content (AvgIpc) is 2.86. The van der Waals surface area contributed by atoms with Crippen molar-refractivity contribution in [3.63, 3.8) is 0 Å². The second-order valence-corrected chi connectivity index (χ2v) is 7.18. The topological polar surface area (TPSA) is 102 Å². The number of nitrogens with one attached hydrogen (secondary N) is 2. The number of hydrogen-bond donors (Lipinski definition) is 2. The van der Waals surface area contributed by atoms with Crippen LogP contribution in [-0.4, -0.2) is 29.3 Å². The Hall–Kier alpha value is -3.08. The maximum Gasteiger partial charge on any atom is 0.325 e. The van der Waals surface area contributed by atoms with Gasteiger partial charge in [0.15, 0.2) is 0 Å². The third-order valence-electron chi connectivity index (χ3n) is 4.37. The van der Waals surface area contributed by atoms with Crippen molar-refractivity contribution >= 4 is 46.7 Å². The molecule has 0 spiro atoms. The van der Waals surface area contributed by atoms with Crippen LogP contribution in [0.3, 0.4) is 0 Å². The fraction of sp³-hybridized carbons (Fsp3) is 0.158. The molecule has 1 unspecified atom stereocenters. The van der Waals surface area contributed by atoms with Gasteiger partial charge in [0, 0.05) is 10.0 Å². The van der Waals surface area contributed by atoms with Crippen LogP contribution >= 0.6 is 23.2 Å². The molecule has 4 amide bonds. The third-order valence-corrected chi connectivity index (χ3v) is 4.86. The lowest BCUT2D eigenvalue weighted by molar-refractivity contribution is -0.133. The first-order valence-electron chi connectivity index (χ1n) is 8.14. The van der Waals surface area contributed by atoms with E-state index >= 15 is 0 Å². The monoisotopic (exact) mass is 416 g/mol. The van der Waals surface area contributed by atoms with E-state index in [1.807, 2.05) is 6.07 Å². The number of anilines is 1. The number of carbonyl (C=O) groups excluding carboxylic acids is 3. The van der Waals surface area contributed by atoms with E-state index in [1.165, 1.54) is 18.2 Å². The van der Waals surface area contributed by atoms with E-state index in [0.29, 0.717) is 15.6 Å². The first-order chi connectivity index (χ1) is 13.2. The van der Waals surface area contributed by atoms with E-state index in [0.717, 1.165) is 4.90 Å². The quantitative estimate of drug-likeness (QED) is 0.746. The Labute approximate surface area is 170 Å². The summed E-state index contributed by atoms with van der Waals surface area (Å²) in [7, 11) is 0. The van der Waals surface area contributed by atoms with Crippen LogP contribution in [0, 0.1) is 11.3 Å². The number of benzene rings is 2. The van der Waals surface area contributed by atoms with Crippen LogP contribution in [0.2, 0.25) is 10.0 Å². The zero-order chi connectivity index (χ0) is 20.5. The number of urea groups is 1. The molecule has 142 valence electrons. The molecule has 1 saturated heterocycles. The SMILES string of the molecule is CC1(c2ccc(Cl)cc2)NC(=O)N(CC(=O)Nc2cc(Cl)ccc2C#N)C1=O. The predicted octanol–water partition coefficient (Wildman–Crippen LogP) is 3.27. The van der Waals surface area contributed by atoms with Crippen LogP contribution < -0.4 is 10.6 Å². The smallest absolute Gasteiger partial charge is 0.323 e. The maximum atomic E-state index is 12.8. The van der Waals surface area contributed by atoms with Crippen LogP contribution in [0.15, 0.2) is 42.5 Å². The van der Waals surface area contributed by atoms with Gasteiger partial charge in [0.05, 0.1) is 11.3 Å². The number of nitrogens with zero attached hydrogens (tertiary/aromatic N) is 2. The number of amides is 4. The van der Waals surface area contributed by atoms with E-state index in [9.17, 15) is 14.4 Å². The first-order valence-corrected chi connectivity index (χ1v) is 8.90. The van der Waals surface area contributed by atoms with Gasteiger partial charge in [0.1, 0.15) is 18.2 Å². The molecule has 1 heterocycles. The number of imide groups is 1. The van der Waals surface area contributed by atoms with Gasteiger partial charge in [-0.05, 0) is 42.8 Å². The lowest BCUT2D eigenvalue weighted by Gasteiger charge is -2.22. The highest BCUT2D eigenvalue weighted by atomic mass is 35.5. The molecular formula is C19H14Cl2N4O3. The summed E-state index contributed by atoms with van der Waals surface area (Å²) in [6, 6.07) is 12.1. The summed E-state index contributed by atoms with van der Waals surface area (Å²) in [6.45, 7) is 1.05. The largest absolute Gasteiger partial charge is 0.325 e. The van der Waals surface area contributed by atoms with E-state index < -0.39 is 29.9 Å². The van der Waals surface area contributed by atoms with Crippen molar-refractivity contribution in [3.8, 4) is 6.07 Å². The highest BCUT2D eigenvalue weighted by Gasteiger charge is 2.49. The molecule has 0 bridgehead atoms. The Balaban J connectivity index is 1.78. The molecule has 2 N–H and O–H groups in total. The van der Waals surface area contributed by atoms with Crippen molar-refractivity contribution < 1.29 is 14.4 Å². The second kappa shape index (κ2) is 7.50. The number of halogens is 2. The van der Waals surface area contributed by atoms with Crippen LogP contribution in [0.4, 0.5) is 10.5 Å². The molecule has 2 aromatic rings. The highest BCUT2D eigenvalue weighted by molar-refractivity contribution is 6.31. The lowest BCUT2D eigenvalue weighted by Crippen LogP contribution is -2.42. The fourth-order valence-electron chi connectivity index (χ4n) is 2.87. The summed E-state index contributed by atoms with van der Waals surface area (Å²) in [5.41, 5.74) is -0.358. The predicted molar refractivity (Wildman–Crippen MR) is 104 cm³/mol. The molecule has 3 rings (SSSR count). The molecule has 7 nitrogen and oxygen atoms in total. The minimum atomic E-state index is -1.31. The molecule has 1 aliphatic heterocycles. The van der Waals surface area contributed by atoms with Crippen LogP contribution in [0.1, 0.15) is 18.1 Å². The summed E-state index contributed by atoms with van der Waals surface area (Å²) in [5, 5.41) is 15.1. The van der Waals surface area contributed by atoms with Crippen molar-refractivity contribution in [2.24, 2.45) is 0 Å². The van der Waals surface area contributed by atoms with Crippen LogP contribution in [0.5, 0.6) is 0 Å². The van der Waals surface area contributed by atoms with Crippen LogP contribution in [0.25, 0.3) is 0 Å². The normalized spacial score (nSPS) is 18.6. The minimum Gasteiger partial charge on any atom is -0.323 e. The molecule has 0 aliphatic carbocycles. The van der Waals surface area contributed by atoms with Gasteiger partial charge in [-0.3, -0.25) is 14.5 Å². The summed E-state index contributed by atoms with van der Waals surface area (Å²) >= 11 is 11.8. The van der Waals surface area contributed by atoms with Gasteiger partial charge >= 0.3 is 6.03 Å². The lowest BCUT2D eigenvalue weighted by atomic mass is 9.92. The molecule has 1 aliphatic rings. The van der Waals surface area contributed by atoms with E-state index in [2.05, 4.69) is 10.6 Å². The number of nitriles is 1. The van der Waals surface area contributed by atoms with E-state index in [-0.39, 0.29) is 11.3 Å². The number of carbonyl (C=O) groups is 3. The van der Waals surface area contributed by atoms with Crippen molar-refractivity contribution in [3.05, 3.63) is 63.6 Å². The Morgan fingerprint density at radius 2 is 1.82 bits per heavy atom. The van der Waals surface area contributed by atoms with E-state index in [4.69, 9.17) is 28.5 Å². The Bertz CT molecular complexity index is 1020. The van der Waals surface area contributed by atoms with Crippen molar-refractivity contribution in [2.75, 3.05) is 11.9 Å². The van der Waals surface area contributed by atoms with Gasteiger partial charge in [0.2, 0.25) is 5.91 Å². The molecule has 28 heavy (non-hydrogen) atoms. The van der Waals surface area contributed by atoms with Crippen molar-refractivity contribution in [1.82, 2.24) is 10.2 Å². The third kappa shape index (κ3) is 3.65. The Morgan fingerprint density at radius 3 is 2.46 bits per heavy atom. The zero-order valence-corrected chi connectivity index (χ0v) is 16.1. The molecular weight excluding hydrogens is 403 g/mol. The molecule has 1 fully saturated rings. The summed E-state index contributed by atoms with van der Waals surface area (Å²) in [4.78, 5) is 38.4. The zero-order valence-electron chi connectivity index (χ0n) is 14.6. The summed E-state index contributed by atoms with van der Waals surface area (Å²) < 4.78 is 0. The first kappa shape index (κ1) is 19.7. The van der Waals surface area contributed by atoms with Gasteiger partial charge in [-0.2, -0.15) is 5.26 Å². The number of rotatable bonds is 4. The molecule has 0 radical (unpaired) electrons. The van der Waals surface area contributed by atoms with Crippen LogP contribution in [-0.2, 0) is 15.1 Å². The van der Waals surface area contributed by atoms with E-state index in [1.54, 1.807) is 31.2 Å². The summed E-state index contributed by atoms with van der Waals surface area (Å²) in [5.74, 6) is -1.20. The second-order valence-electron chi connectivity index (χ2n) is 6.30. The van der Waals surface area contributed by atoms with Gasteiger partial charge < -0.3 is 10.6 Å². The van der Waals surface area contributed by atoms with Gasteiger partial charge in [-0.25, -0.2) is 4.79 Å². The fourth-order valence-corrected chi connectivity index (χ4v) is 3.17. The molecule has 2 aromatic carbocycles. The number of hydrogen-bond acceptors (Lipinski definition) is 4. The van der Waals surface area contributed by atoms with Crippen molar-refractivity contribution in [1.29, 1.82) is 5.26 Å². The highest BCUT2D eigenvalue weighted by Crippen LogP contribution is 2.29. The molecule has 1 atom stereocenters. The Kier molecular flexibility index (Phi) is 5.27. The van der Waals surface area contributed by atoms with Gasteiger partial charge in [-0.15, -0.1) is 0 Å². The van der Waals surface area contributed by atoms with Gasteiger partial charge in [-0.1, -0.05) is 35.3 Å². The maximum absolute atomic E-state index is 12.8. The molecule has 9 heteroatoms. The van der Waals surface area contributed by atoms with Crippen molar-refractivity contribution in [2.45, 2.75) is 12.5 Å². The standard InChI is InChI=1S/C19H14Cl2N4O3/c1-19(12-3-6-13(20)7-4-12)17(27)25(18(28)24-19)10-16(26)23-15-8-14(21)5-2-11(15)9-22/h2-8H,10H2,1H3,(H,23,26)(H,24,28).